The Kier molecular flexibility index (Phi) is 4.98. The Hall–Kier alpha value is -1.89. The molecule has 0 spiro atoms. The molecule has 7 heteroatoms. The van der Waals surface area contributed by atoms with Crippen LogP contribution in [-0.4, -0.2) is 46.0 Å². The number of aliphatic hydroxyl groups excluding tert-OH is 1. The maximum absolute atomic E-state index is 12.3. The zero-order valence-electron chi connectivity index (χ0n) is 15.1. The third-order valence-electron chi connectivity index (χ3n) is 5.95. The molecule has 3 fully saturated rings. The number of amides is 1. The van der Waals surface area contributed by atoms with Crippen molar-refractivity contribution in [2.24, 2.45) is 5.92 Å². The van der Waals surface area contributed by atoms with Crippen molar-refractivity contribution in [3.05, 3.63) is 22.5 Å². The first-order valence-corrected chi connectivity index (χ1v) is 9.96. The van der Waals surface area contributed by atoms with Gasteiger partial charge in [0.2, 0.25) is 5.91 Å². The summed E-state index contributed by atoms with van der Waals surface area (Å²) in [5.74, 6) is 1.16. The Morgan fingerprint density at radius 1 is 1.15 bits per heavy atom. The number of hydrogen-bond donors (Lipinski definition) is 2. The van der Waals surface area contributed by atoms with Crippen LogP contribution in [0.4, 0.5) is 5.82 Å². The Morgan fingerprint density at radius 2 is 2.00 bits per heavy atom. The van der Waals surface area contributed by atoms with Crippen LogP contribution in [0.1, 0.15) is 57.4 Å². The lowest BCUT2D eigenvalue weighted by molar-refractivity contribution is -0.122. The average Bonchev–Trinajstić information content (AvgIpc) is 3.42. The minimum Gasteiger partial charge on any atom is -0.391 e. The SMILES string of the molecule is O=C(NCC1CCCCN1c1ccc(=O)n(C2CCCC2O)n1)C1CC1. The highest BCUT2D eigenvalue weighted by atomic mass is 16.3. The molecule has 2 aliphatic carbocycles. The van der Waals surface area contributed by atoms with Gasteiger partial charge in [0.1, 0.15) is 5.82 Å². The molecule has 2 N–H and O–H groups in total. The maximum Gasteiger partial charge on any atom is 0.267 e. The fourth-order valence-electron chi connectivity index (χ4n) is 4.23. The third kappa shape index (κ3) is 3.63. The van der Waals surface area contributed by atoms with Crippen molar-refractivity contribution < 1.29 is 9.90 Å². The number of nitrogens with zero attached hydrogens (tertiary/aromatic N) is 3. The molecule has 0 radical (unpaired) electrons. The minimum absolute atomic E-state index is 0.157. The molecule has 142 valence electrons. The lowest BCUT2D eigenvalue weighted by Gasteiger charge is -2.37. The predicted octanol–water partition coefficient (Wildman–Crippen LogP) is 1.21. The second kappa shape index (κ2) is 7.39. The summed E-state index contributed by atoms with van der Waals surface area (Å²) >= 11 is 0. The van der Waals surface area contributed by atoms with E-state index in [2.05, 4.69) is 15.3 Å². The normalized spacial score (nSPS) is 29.0. The molecule has 7 nitrogen and oxygen atoms in total. The monoisotopic (exact) mass is 360 g/mol. The van der Waals surface area contributed by atoms with Gasteiger partial charge in [-0.05, 0) is 57.4 Å². The van der Waals surface area contributed by atoms with E-state index in [0.717, 1.165) is 63.7 Å². The quantitative estimate of drug-likeness (QED) is 0.824. The molecule has 1 amide bonds. The van der Waals surface area contributed by atoms with Crippen molar-refractivity contribution in [1.82, 2.24) is 15.1 Å². The van der Waals surface area contributed by atoms with E-state index in [1.54, 1.807) is 12.1 Å². The van der Waals surface area contributed by atoms with Gasteiger partial charge in [0, 0.05) is 31.1 Å². The highest BCUT2D eigenvalue weighted by Crippen LogP contribution is 2.30. The number of rotatable bonds is 5. The van der Waals surface area contributed by atoms with Crippen LogP contribution in [0, 0.1) is 5.92 Å². The number of anilines is 1. The molecule has 1 saturated heterocycles. The summed E-state index contributed by atoms with van der Waals surface area (Å²) in [6.07, 6.45) is 7.20. The largest absolute Gasteiger partial charge is 0.391 e. The number of carbonyl (C=O) groups is 1. The number of piperidine rings is 1. The van der Waals surface area contributed by atoms with Crippen LogP contribution in [0.25, 0.3) is 0 Å². The first kappa shape index (κ1) is 17.5. The van der Waals surface area contributed by atoms with Crippen LogP contribution >= 0.6 is 0 Å². The molecule has 0 aromatic carbocycles. The van der Waals surface area contributed by atoms with Gasteiger partial charge in [-0.3, -0.25) is 9.59 Å². The molecule has 4 rings (SSSR count). The van der Waals surface area contributed by atoms with Crippen LogP contribution in [0.3, 0.4) is 0 Å². The number of aliphatic hydroxyl groups is 1. The molecule has 1 aliphatic heterocycles. The molecular weight excluding hydrogens is 332 g/mol. The zero-order chi connectivity index (χ0) is 18.1. The highest BCUT2D eigenvalue weighted by molar-refractivity contribution is 5.80. The molecule has 3 unspecified atom stereocenters. The van der Waals surface area contributed by atoms with E-state index in [-0.39, 0.29) is 29.5 Å². The summed E-state index contributed by atoms with van der Waals surface area (Å²) in [7, 11) is 0. The molecule has 2 heterocycles. The van der Waals surface area contributed by atoms with Crippen molar-refractivity contribution in [2.45, 2.75) is 69.6 Å². The molecule has 3 aliphatic rings. The van der Waals surface area contributed by atoms with Crippen LogP contribution < -0.4 is 15.8 Å². The van der Waals surface area contributed by atoms with Crippen LogP contribution in [0.15, 0.2) is 16.9 Å². The van der Waals surface area contributed by atoms with Gasteiger partial charge in [0.25, 0.3) is 5.56 Å². The number of aromatic nitrogens is 2. The number of carbonyl (C=O) groups excluding carboxylic acids is 1. The van der Waals surface area contributed by atoms with Gasteiger partial charge in [0.05, 0.1) is 12.1 Å². The second-order valence-electron chi connectivity index (χ2n) is 7.90. The van der Waals surface area contributed by atoms with Crippen molar-refractivity contribution in [1.29, 1.82) is 0 Å². The molecular formula is C19H28N4O3. The Balaban J connectivity index is 1.51. The van der Waals surface area contributed by atoms with E-state index in [4.69, 9.17) is 0 Å². The fourth-order valence-corrected chi connectivity index (χ4v) is 4.23. The smallest absolute Gasteiger partial charge is 0.267 e. The van der Waals surface area contributed by atoms with Crippen molar-refractivity contribution in [2.75, 3.05) is 18.0 Å². The van der Waals surface area contributed by atoms with E-state index in [9.17, 15) is 14.7 Å². The summed E-state index contributed by atoms with van der Waals surface area (Å²) in [5, 5.41) is 17.9. The van der Waals surface area contributed by atoms with E-state index in [0.29, 0.717) is 6.54 Å². The molecule has 1 aromatic rings. The highest BCUT2D eigenvalue weighted by Gasteiger charge is 2.32. The van der Waals surface area contributed by atoms with Crippen LogP contribution in [-0.2, 0) is 4.79 Å². The fraction of sp³-hybridized carbons (Fsp3) is 0.737. The Morgan fingerprint density at radius 3 is 2.73 bits per heavy atom. The molecule has 1 aromatic heterocycles. The van der Waals surface area contributed by atoms with Gasteiger partial charge in [0.15, 0.2) is 0 Å². The van der Waals surface area contributed by atoms with Gasteiger partial charge in [-0.15, -0.1) is 0 Å². The summed E-state index contributed by atoms with van der Waals surface area (Å²) in [6.45, 7) is 1.50. The minimum atomic E-state index is -0.495. The van der Waals surface area contributed by atoms with Crippen molar-refractivity contribution in [3.8, 4) is 0 Å². The van der Waals surface area contributed by atoms with E-state index in [1.807, 2.05) is 0 Å². The first-order valence-electron chi connectivity index (χ1n) is 9.96. The summed E-state index contributed by atoms with van der Waals surface area (Å²) in [5.41, 5.74) is -0.157. The standard InChI is InChI=1S/C19H28N4O3/c24-16-6-3-5-15(16)23-18(25)10-9-17(21-23)22-11-2-1-4-14(22)12-20-19(26)13-7-8-13/h9-10,13-16,24H,1-8,11-12H2,(H,20,26). The lowest BCUT2D eigenvalue weighted by Crippen LogP contribution is -2.48. The van der Waals surface area contributed by atoms with Crippen LogP contribution in [0.5, 0.6) is 0 Å². The molecule has 0 bridgehead atoms. The predicted molar refractivity (Wildman–Crippen MR) is 98.1 cm³/mol. The van der Waals surface area contributed by atoms with E-state index < -0.39 is 6.10 Å². The van der Waals surface area contributed by atoms with Crippen LogP contribution in [0.2, 0.25) is 0 Å². The van der Waals surface area contributed by atoms with Crippen molar-refractivity contribution >= 4 is 11.7 Å². The first-order chi connectivity index (χ1) is 12.6. The maximum atomic E-state index is 12.3. The Bertz CT molecular complexity index is 715. The van der Waals surface area contributed by atoms with E-state index in [1.165, 1.54) is 4.68 Å². The second-order valence-corrected chi connectivity index (χ2v) is 7.90. The van der Waals surface area contributed by atoms with E-state index >= 15 is 0 Å². The number of hydrogen-bond acceptors (Lipinski definition) is 5. The number of nitrogens with one attached hydrogen (secondary N) is 1. The zero-order valence-corrected chi connectivity index (χ0v) is 15.1. The van der Waals surface area contributed by atoms with Gasteiger partial charge < -0.3 is 15.3 Å². The lowest BCUT2D eigenvalue weighted by atomic mass is 10.0. The Labute approximate surface area is 153 Å². The van der Waals surface area contributed by atoms with Gasteiger partial charge >= 0.3 is 0 Å². The summed E-state index contributed by atoms with van der Waals surface area (Å²) in [4.78, 5) is 26.5. The van der Waals surface area contributed by atoms with Gasteiger partial charge in [-0.25, -0.2) is 4.68 Å². The summed E-state index contributed by atoms with van der Waals surface area (Å²) in [6, 6.07) is 3.32. The average molecular weight is 360 g/mol. The summed E-state index contributed by atoms with van der Waals surface area (Å²) < 4.78 is 1.47. The molecule has 2 saturated carbocycles. The molecule has 3 atom stereocenters. The van der Waals surface area contributed by atoms with Gasteiger partial charge in [-0.1, -0.05) is 0 Å². The van der Waals surface area contributed by atoms with Gasteiger partial charge in [-0.2, -0.15) is 5.10 Å². The molecule has 26 heavy (non-hydrogen) atoms. The van der Waals surface area contributed by atoms with Crippen molar-refractivity contribution in [3.63, 3.8) is 0 Å². The topological polar surface area (TPSA) is 87.5 Å². The third-order valence-corrected chi connectivity index (χ3v) is 5.95.